The van der Waals surface area contributed by atoms with E-state index in [-0.39, 0.29) is 11.5 Å². The van der Waals surface area contributed by atoms with E-state index in [0.29, 0.717) is 18.0 Å². The summed E-state index contributed by atoms with van der Waals surface area (Å²) >= 11 is 0. The van der Waals surface area contributed by atoms with Crippen LogP contribution in [0.5, 0.6) is 5.75 Å². The maximum atomic E-state index is 12.4. The zero-order valence-electron chi connectivity index (χ0n) is 15.1. The van der Waals surface area contributed by atoms with Gasteiger partial charge in [0.2, 0.25) is 0 Å². The monoisotopic (exact) mass is 394 g/mol. The van der Waals surface area contributed by atoms with Gasteiger partial charge in [-0.25, -0.2) is 4.79 Å². The number of aromatic carboxylic acids is 1. The zero-order valence-corrected chi connectivity index (χ0v) is 15.1. The van der Waals surface area contributed by atoms with Gasteiger partial charge in [-0.15, -0.1) is 0 Å². The molecule has 1 aliphatic carbocycles. The molecule has 8 heteroatoms. The van der Waals surface area contributed by atoms with Crippen LogP contribution in [0.15, 0.2) is 36.7 Å². The Kier molecular flexibility index (Phi) is 6.06. The van der Waals surface area contributed by atoms with Gasteiger partial charge in [-0.3, -0.25) is 4.98 Å². The molecule has 0 radical (unpaired) electrons. The number of fused-ring (bicyclic) bond motifs is 1. The summed E-state index contributed by atoms with van der Waals surface area (Å²) in [5.74, 6) is -0.426. The lowest BCUT2D eigenvalue weighted by Gasteiger charge is -2.28. The Morgan fingerprint density at radius 2 is 2.14 bits per heavy atom. The maximum absolute atomic E-state index is 12.4. The van der Waals surface area contributed by atoms with Crippen LogP contribution in [0.1, 0.15) is 46.7 Å². The van der Waals surface area contributed by atoms with E-state index in [0.717, 1.165) is 30.4 Å². The van der Waals surface area contributed by atoms with Crippen molar-refractivity contribution in [2.45, 2.75) is 37.8 Å². The molecule has 2 aromatic rings. The number of carboxylic acids is 1. The van der Waals surface area contributed by atoms with Crippen LogP contribution in [-0.4, -0.2) is 35.4 Å². The number of aromatic nitrogens is 1. The van der Waals surface area contributed by atoms with E-state index in [1.807, 2.05) is 6.07 Å². The summed E-state index contributed by atoms with van der Waals surface area (Å²) in [4.78, 5) is 15.3. The van der Waals surface area contributed by atoms with Gasteiger partial charge in [-0.05, 0) is 42.5 Å². The summed E-state index contributed by atoms with van der Waals surface area (Å²) in [7, 11) is 0. The number of alkyl halides is 3. The van der Waals surface area contributed by atoms with Crippen molar-refractivity contribution in [1.82, 2.24) is 4.98 Å². The van der Waals surface area contributed by atoms with Crippen molar-refractivity contribution in [3.05, 3.63) is 53.3 Å². The first-order chi connectivity index (χ1) is 13.3. The molecule has 150 valence electrons. The topological polar surface area (TPSA) is 71.5 Å². The van der Waals surface area contributed by atoms with Gasteiger partial charge in [-0.2, -0.15) is 13.2 Å². The van der Waals surface area contributed by atoms with Gasteiger partial charge in [0.15, 0.2) is 0 Å². The van der Waals surface area contributed by atoms with E-state index in [9.17, 15) is 23.1 Å². The molecule has 0 spiro atoms. The number of hydrogen-bond acceptors (Lipinski definition) is 4. The number of carbonyl (C=O) groups is 1. The van der Waals surface area contributed by atoms with E-state index in [4.69, 9.17) is 4.74 Å². The molecule has 5 nitrogen and oxygen atoms in total. The van der Waals surface area contributed by atoms with Crippen LogP contribution in [-0.2, 0) is 6.42 Å². The number of ether oxygens (including phenoxy) is 1. The van der Waals surface area contributed by atoms with E-state index < -0.39 is 25.2 Å². The molecule has 0 bridgehead atoms. The average molecular weight is 394 g/mol. The molecule has 0 saturated heterocycles. The van der Waals surface area contributed by atoms with Crippen LogP contribution in [0.25, 0.3) is 0 Å². The molecule has 1 aromatic carbocycles. The minimum absolute atomic E-state index is 0.108. The largest absolute Gasteiger partial charge is 0.493 e. The van der Waals surface area contributed by atoms with Gasteiger partial charge in [-0.1, -0.05) is 12.1 Å². The Morgan fingerprint density at radius 1 is 1.32 bits per heavy atom. The minimum atomic E-state index is -4.24. The first-order valence-electron chi connectivity index (χ1n) is 9.07. The van der Waals surface area contributed by atoms with Crippen molar-refractivity contribution in [2.75, 3.05) is 18.5 Å². The predicted octanol–water partition coefficient (Wildman–Crippen LogP) is 4.64. The molecule has 28 heavy (non-hydrogen) atoms. The number of anilines is 1. The Hall–Kier alpha value is -2.77. The number of halogens is 3. The van der Waals surface area contributed by atoms with Gasteiger partial charge in [0.05, 0.1) is 30.5 Å². The first-order valence-corrected chi connectivity index (χ1v) is 9.07. The van der Waals surface area contributed by atoms with Gasteiger partial charge in [0, 0.05) is 18.7 Å². The second-order valence-electron chi connectivity index (χ2n) is 6.73. The third-order valence-electron chi connectivity index (χ3n) is 4.82. The van der Waals surface area contributed by atoms with Crippen LogP contribution in [0.4, 0.5) is 18.9 Å². The maximum Gasteiger partial charge on any atom is 0.392 e. The Morgan fingerprint density at radius 3 is 2.89 bits per heavy atom. The highest BCUT2D eigenvalue weighted by atomic mass is 19.4. The summed E-state index contributed by atoms with van der Waals surface area (Å²) < 4.78 is 42.5. The third kappa shape index (κ3) is 4.94. The number of nitrogens with one attached hydrogen (secondary N) is 1. The van der Waals surface area contributed by atoms with E-state index >= 15 is 0 Å². The summed E-state index contributed by atoms with van der Waals surface area (Å²) in [6.07, 6.45) is 0.209. The molecule has 3 rings (SSSR count). The molecule has 0 unspecified atom stereocenters. The SMILES string of the molecule is O=C(O)c1ccncc1NC[C@H]1CCCc2c(OCCC(F)(F)F)cccc21. The lowest BCUT2D eigenvalue weighted by atomic mass is 9.82. The van der Waals surface area contributed by atoms with Gasteiger partial charge in [0.1, 0.15) is 5.75 Å². The summed E-state index contributed by atoms with van der Waals surface area (Å²) in [5, 5.41) is 12.4. The second-order valence-corrected chi connectivity index (χ2v) is 6.73. The van der Waals surface area contributed by atoms with Gasteiger partial charge < -0.3 is 15.2 Å². The lowest BCUT2D eigenvalue weighted by molar-refractivity contribution is -0.139. The normalized spacial score (nSPS) is 16.3. The average Bonchev–Trinajstić information content (AvgIpc) is 2.65. The van der Waals surface area contributed by atoms with E-state index in [1.165, 1.54) is 18.5 Å². The molecular weight excluding hydrogens is 373 g/mol. The fourth-order valence-electron chi connectivity index (χ4n) is 3.49. The first kappa shape index (κ1) is 20.0. The molecule has 0 saturated carbocycles. The standard InChI is InChI=1S/C20H21F3N2O3/c21-20(22,23)8-10-28-18-6-2-4-14-13(3-1-5-15(14)18)11-25-17-12-24-9-7-16(17)19(26)27/h2,4,6-7,9,12-13,25H,1,3,5,8,10-11H2,(H,26,27)/t13-/m1/s1. The van der Waals surface area contributed by atoms with Crippen molar-refractivity contribution < 1.29 is 27.8 Å². The van der Waals surface area contributed by atoms with Crippen molar-refractivity contribution in [3.8, 4) is 5.75 Å². The van der Waals surface area contributed by atoms with E-state index in [2.05, 4.69) is 10.3 Å². The number of pyridine rings is 1. The van der Waals surface area contributed by atoms with Crippen molar-refractivity contribution in [3.63, 3.8) is 0 Å². The highest BCUT2D eigenvalue weighted by molar-refractivity contribution is 5.93. The fraction of sp³-hybridized carbons (Fsp3) is 0.400. The second kappa shape index (κ2) is 8.50. The zero-order chi connectivity index (χ0) is 20.1. The van der Waals surface area contributed by atoms with Crippen molar-refractivity contribution in [1.29, 1.82) is 0 Å². The molecule has 0 aliphatic heterocycles. The van der Waals surface area contributed by atoms with Crippen LogP contribution < -0.4 is 10.1 Å². The van der Waals surface area contributed by atoms with Crippen LogP contribution in [0, 0.1) is 0 Å². The van der Waals surface area contributed by atoms with E-state index in [1.54, 1.807) is 12.1 Å². The highest BCUT2D eigenvalue weighted by Gasteiger charge is 2.28. The molecule has 1 aliphatic rings. The number of carboxylic acid groups (broad SMARTS) is 1. The molecule has 0 fully saturated rings. The number of hydrogen-bond donors (Lipinski definition) is 2. The van der Waals surface area contributed by atoms with Gasteiger partial charge >= 0.3 is 12.1 Å². The molecular formula is C20H21F3N2O3. The van der Waals surface area contributed by atoms with Crippen LogP contribution in [0.2, 0.25) is 0 Å². The predicted molar refractivity (Wildman–Crippen MR) is 98.0 cm³/mol. The Balaban J connectivity index is 1.72. The number of rotatable bonds is 7. The van der Waals surface area contributed by atoms with Crippen LogP contribution >= 0.6 is 0 Å². The lowest BCUT2D eigenvalue weighted by Crippen LogP contribution is -2.20. The quantitative estimate of drug-likeness (QED) is 0.716. The fourth-order valence-corrected chi connectivity index (χ4v) is 3.49. The molecule has 1 atom stereocenters. The smallest absolute Gasteiger partial charge is 0.392 e. The van der Waals surface area contributed by atoms with Crippen LogP contribution in [0.3, 0.4) is 0 Å². The Bertz CT molecular complexity index is 840. The van der Waals surface area contributed by atoms with Gasteiger partial charge in [0.25, 0.3) is 0 Å². The van der Waals surface area contributed by atoms with Crippen molar-refractivity contribution in [2.24, 2.45) is 0 Å². The highest BCUT2D eigenvalue weighted by Crippen LogP contribution is 2.37. The summed E-state index contributed by atoms with van der Waals surface area (Å²) in [6, 6.07) is 6.88. The summed E-state index contributed by atoms with van der Waals surface area (Å²) in [5.41, 5.74) is 2.56. The van der Waals surface area contributed by atoms with Crippen molar-refractivity contribution >= 4 is 11.7 Å². The molecule has 2 N–H and O–H groups in total. The molecule has 1 aromatic heterocycles. The summed E-state index contributed by atoms with van der Waals surface area (Å²) in [6.45, 7) is 0.103. The minimum Gasteiger partial charge on any atom is -0.493 e. The molecule has 0 amide bonds. The number of benzene rings is 1. The number of nitrogens with zero attached hydrogens (tertiary/aromatic N) is 1. The third-order valence-corrected chi connectivity index (χ3v) is 4.82. The Labute approximate surface area is 160 Å². The molecule has 1 heterocycles.